The van der Waals surface area contributed by atoms with Crippen LogP contribution in [-0.4, -0.2) is 84.7 Å². The van der Waals surface area contributed by atoms with Gasteiger partial charge in [0, 0.05) is 40.0 Å². The van der Waals surface area contributed by atoms with Gasteiger partial charge in [0.05, 0.1) is 0 Å². The zero-order valence-electron chi connectivity index (χ0n) is 21.6. The Balaban J connectivity index is 2.93. The fourth-order valence-corrected chi connectivity index (χ4v) is 4.08. The zero-order chi connectivity index (χ0) is 27.1. The molecule has 0 aromatic heterocycles. The van der Waals surface area contributed by atoms with Crippen molar-refractivity contribution in [2.24, 2.45) is 16.5 Å². The summed E-state index contributed by atoms with van der Waals surface area (Å²) in [6.45, 7) is 6.16. The Morgan fingerprint density at radius 3 is 2.25 bits per heavy atom. The molecule has 1 aliphatic rings. The lowest BCUT2D eigenvalue weighted by Gasteiger charge is -2.29. The van der Waals surface area contributed by atoms with E-state index in [2.05, 4.69) is 26.3 Å². The monoisotopic (exact) mass is 510 g/mol. The maximum atomic E-state index is 13.5. The second-order valence-electron chi connectivity index (χ2n) is 8.83. The van der Waals surface area contributed by atoms with Gasteiger partial charge in [-0.05, 0) is 51.9 Å². The van der Waals surface area contributed by atoms with Crippen LogP contribution >= 0.6 is 0 Å². The molecule has 8 N–H and O–H groups in total. The number of nitrogens with zero attached hydrogens (tertiary/aromatic N) is 2. The van der Waals surface area contributed by atoms with Gasteiger partial charge in [0.25, 0.3) is 0 Å². The van der Waals surface area contributed by atoms with Crippen molar-refractivity contribution in [2.75, 3.05) is 26.2 Å². The van der Waals surface area contributed by atoms with Crippen molar-refractivity contribution in [2.45, 2.75) is 83.8 Å². The van der Waals surface area contributed by atoms with Gasteiger partial charge in [-0.15, -0.1) is 0 Å². The van der Waals surface area contributed by atoms with E-state index in [1.807, 2.05) is 6.92 Å². The number of likely N-dealkylation sites (tertiary alicyclic amines) is 1. The first-order valence-corrected chi connectivity index (χ1v) is 12.5. The van der Waals surface area contributed by atoms with Crippen LogP contribution in [0.25, 0.3) is 0 Å². The van der Waals surface area contributed by atoms with Crippen molar-refractivity contribution in [3.63, 3.8) is 0 Å². The van der Waals surface area contributed by atoms with Crippen molar-refractivity contribution >= 4 is 35.5 Å². The molecule has 0 spiro atoms. The summed E-state index contributed by atoms with van der Waals surface area (Å²) in [5.41, 5.74) is 10.8. The van der Waals surface area contributed by atoms with E-state index < -0.39 is 24.0 Å². The minimum atomic E-state index is -0.905. The summed E-state index contributed by atoms with van der Waals surface area (Å²) in [5.74, 6) is -1.63. The summed E-state index contributed by atoms with van der Waals surface area (Å²) < 4.78 is 0. The Kier molecular flexibility index (Phi) is 13.9. The number of carbonyl (C=O) groups excluding carboxylic acids is 5. The molecular formula is C23H42N8O5. The number of guanidine groups is 1. The van der Waals surface area contributed by atoms with Crippen LogP contribution in [-0.2, 0) is 24.0 Å². The molecule has 36 heavy (non-hydrogen) atoms. The molecule has 0 aromatic carbocycles. The van der Waals surface area contributed by atoms with Gasteiger partial charge in [0.1, 0.15) is 18.1 Å². The molecule has 0 aliphatic carbocycles. The van der Waals surface area contributed by atoms with Crippen LogP contribution in [0, 0.1) is 0 Å². The van der Waals surface area contributed by atoms with E-state index in [0.29, 0.717) is 58.2 Å². The van der Waals surface area contributed by atoms with Gasteiger partial charge in [-0.3, -0.25) is 29.0 Å². The lowest BCUT2D eigenvalue weighted by molar-refractivity contribution is -0.142. The molecule has 204 valence electrons. The molecule has 5 amide bonds. The Bertz CT molecular complexity index is 799. The molecule has 0 aromatic rings. The van der Waals surface area contributed by atoms with E-state index in [1.165, 1.54) is 18.7 Å². The number of unbranched alkanes of at least 4 members (excludes halogenated alkanes) is 1. The molecule has 13 heteroatoms. The topological polar surface area (TPSA) is 201 Å². The number of carbonyl (C=O) groups is 5. The van der Waals surface area contributed by atoms with Crippen molar-refractivity contribution in [3.8, 4) is 0 Å². The summed E-state index contributed by atoms with van der Waals surface area (Å²) in [6.07, 6.45) is 3.47. The van der Waals surface area contributed by atoms with Crippen LogP contribution in [0.15, 0.2) is 4.99 Å². The van der Waals surface area contributed by atoms with Gasteiger partial charge in [-0.25, -0.2) is 0 Å². The predicted octanol–water partition coefficient (Wildman–Crippen LogP) is -1.54. The Morgan fingerprint density at radius 1 is 0.944 bits per heavy atom. The van der Waals surface area contributed by atoms with Gasteiger partial charge >= 0.3 is 0 Å². The molecule has 1 fully saturated rings. The van der Waals surface area contributed by atoms with E-state index in [1.54, 1.807) is 0 Å². The first-order valence-electron chi connectivity index (χ1n) is 12.5. The second kappa shape index (κ2) is 16.3. The molecule has 1 rings (SSSR count). The molecule has 0 unspecified atom stereocenters. The third-order valence-corrected chi connectivity index (χ3v) is 5.74. The number of hydrogen-bond acceptors (Lipinski definition) is 6. The first-order chi connectivity index (χ1) is 17.1. The van der Waals surface area contributed by atoms with E-state index in [0.717, 1.165) is 0 Å². The number of aliphatic imine (C=N–C) groups is 1. The van der Waals surface area contributed by atoms with Crippen molar-refractivity contribution in [3.05, 3.63) is 0 Å². The Labute approximate surface area is 212 Å². The highest BCUT2D eigenvalue weighted by molar-refractivity contribution is 5.94. The number of likely N-dealkylation sites (N-methyl/N-ethyl adjacent to an activating group) is 1. The minimum Gasteiger partial charge on any atom is -0.370 e. The van der Waals surface area contributed by atoms with Crippen LogP contribution < -0.4 is 32.7 Å². The standard InChI is InChI=1S/C23H42N8O5/c1-4-26-21(35)19-11-8-14-31(19)22(36)18(10-7-13-28-23(24)25)30-20(34)17(29-16(3)33)9-5-6-12-27-15(2)32/h17-19H,4-14H2,1-3H3,(H,26,35)(H,27,32)(H,29,33)(H,30,34)(H4,24,25,28)/t17-,18+,19-/m0/s1. The fourth-order valence-electron chi connectivity index (χ4n) is 4.08. The zero-order valence-corrected chi connectivity index (χ0v) is 21.6. The van der Waals surface area contributed by atoms with E-state index in [-0.39, 0.29) is 42.6 Å². The van der Waals surface area contributed by atoms with Crippen molar-refractivity contribution < 1.29 is 24.0 Å². The van der Waals surface area contributed by atoms with Crippen LogP contribution in [0.3, 0.4) is 0 Å². The van der Waals surface area contributed by atoms with Crippen LogP contribution in [0.4, 0.5) is 0 Å². The highest BCUT2D eigenvalue weighted by atomic mass is 16.2. The summed E-state index contributed by atoms with van der Waals surface area (Å²) in [5, 5.41) is 10.9. The Morgan fingerprint density at radius 2 is 1.64 bits per heavy atom. The summed E-state index contributed by atoms with van der Waals surface area (Å²) in [4.78, 5) is 67.2. The quantitative estimate of drug-likeness (QED) is 0.0870. The minimum absolute atomic E-state index is 0.0669. The van der Waals surface area contributed by atoms with Crippen LogP contribution in [0.2, 0.25) is 0 Å². The summed E-state index contributed by atoms with van der Waals surface area (Å²) in [7, 11) is 0. The second-order valence-corrected chi connectivity index (χ2v) is 8.83. The molecule has 1 aliphatic heterocycles. The Hall–Kier alpha value is -3.38. The average molecular weight is 511 g/mol. The molecule has 1 heterocycles. The maximum absolute atomic E-state index is 13.5. The highest BCUT2D eigenvalue weighted by Gasteiger charge is 2.37. The van der Waals surface area contributed by atoms with E-state index in [9.17, 15) is 24.0 Å². The third kappa shape index (κ3) is 11.4. The highest BCUT2D eigenvalue weighted by Crippen LogP contribution is 2.20. The van der Waals surface area contributed by atoms with Gasteiger partial charge < -0.3 is 37.6 Å². The lowest BCUT2D eigenvalue weighted by Crippen LogP contribution is -2.56. The van der Waals surface area contributed by atoms with Gasteiger partial charge in [-0.2, -0.15) is 0 Å². The summed E-state index contributed by atoms with van der Waals surface area (Å²) >= 11 is 0. The molecule has 0 saturated carbocycles. The lowest BCUT2D eigenvalue weighted by atomic mass is 10.1. The van der Waals surface area contributed by atoms with Gasteiger partial charge in [0.2, 0.25) is 29.5 Å². The number of nitrogens with two attached hydrogens (primary N) is 2. The fraction of sp³-hybridized carbons (Fsp3) is 0.739. The number of amides is 5. The molecule has 13 nitrogen and oxygen atoms in total. The largest absolute Gasteiger partial charge is 0.370 e. The average Bonchev–Trinajstić information content (AvgIpc) is 3.29. The molecular weight excluding hydrogens is 468 g/mol. The SMILES string of the molecule is CCNC(=O)[C@@H]1CCCN1C(=O)[C@@H](CCCN=C(N)N)NC(=O)[C@H](CCCCNC(C)=O)NC(C)=O. The molecule has 3 atom stereocenters. The predicted molar refractivity (Wildman–Crippen MR) is 135 cm³/mol. The first kappa shape index (κ1) is 30.7. The number of rotatable bonds is 15. The summed E-state index contributed by atoms with van der Waals surface area (Å²) in [6, 6.07) is -2.34. The number of hydrogen-bond donors (Lipinski definition) is 6. The molecule has 1 saturated heterocycles. The smallest absolute Gasteiger partial charge is 0.245 e. The van der Waals surface area contributed by atoms with E-state index in [4.69, 9.17) is 11.5 Å². The van der Waals surface area contributed by atoms with Gasteiger partial charge in [-0.1, -0.05) is 0 Å². The van der Waals surface area contributed by atoms with Gasteiger partial charge in [0.15, 0.2) is 5.96 Å². The van der Waals surface area contributed by atoms with Crippen molar-refractivity contribution in [1.29, 1.82) is 0 Å². The van der Waals surface area contributed by atoms with E-state index >= 15 is 0 Å². The van der Waals surface area contributed by atoms with Crippen LogP contribution in [0.1, 0.15) is 65.7 Å². The maximum Gasteiger partial charge on any atom is 0.245 e. The number of nitrogens with one attached hydrogen (secondary N) is 4. The molecule has 0 radical (unpaired) electrons. The normalized spacial score (nSPS) is 16.4. The van der Waals surface area contributed by atoms with Crippen molar-refractivity contribution in [1.82, 2.24) is 26.2 Å². The third-order valence-electron chi connectivity index (χ3n) is 5.74. The molecule has 0 bridgehead atoms. The van der Waals surface area contributed by atoms with Crippen LogP contribution in [0.5, 0.6) is 0 Å².